The van der Waals surface area contributed by atoms with Gasteiger partial charge >= 0.3 is 6.03 Å². The minimum Gasteiger partial charge on any atom is -0.338 e. The molecular weight excluding hydrogens is 376 g/mol. The van der Waals surface area contributed by atoms with Gasteiger partial charge in [-0.2, -0.15) is 0 Å². The fourth-order valence-electron chi connectivity index (χ4n) is 2.88. The fraction of sp³-hybridized carbons (Fsp3) is 0.421. The summed E-state index contributed by atoms with van der Waals surface area (Å²) in [6.07, 6.45) is 0.862. The van der Waals surface area contributed by atoms with Crippen LogP contribution in [0.4, 0.5) is 4.79 Å². The van der Waals surface area contributed by atoms with Crippen molar-refractivity contribution in [3.63, 3.8) is 0 Å². The molecule has 3 rings (SSSR count). The molecule has 0 radical (unpaired) electrons. The third-order valence-electron chi connectivity index (χ3n) is 4.26. The van der Waals surface area contributed by atoms with Gasteiger partial charge in [0.1, 0.15) is 5.52 Å². The highest BCUT2D eigenvalue weighted by Crippen LogP contribution is 2.26. The normalized spacial score (nSPS) is 11.3. The van der Waals surface area contributed by atoms with Gasteiger partial charge in [-0.05, 0) is 25.3 Å². The van der Waals surface area contributed by atoms with Crippen LogP contribution >= 0.6 is 11.8 Å². The highest BCUT2D eigenvalue weighted by atomic mass is 32.2. The molecule has 148 valence electrons. The lowest BCUT2D eigenvalue weighted by atomic mass is 10.1. The summed E-state index contributed by atoms with van der Waals surface area (Å²) in [6, 6.07) is 7.49. The van der Waals surface area contributed by atoms with Crippen molar-refractivity contribution in [1.82, 2.24) is 30.4 Å². The Morgan fingerprint density at radius 3 is 2.75 bits per heavy atom. The van der Waals surface area contributed by atoms with Gasteiger partial charge < -0.3 is 9.88 Å². The maximum atomic E-state index is 12.0. The third kappa shape index (κ3) is 4.59. The van der Waals surface area contributed by atoms with Crippen LogP contribution in [0.5, 0.6) is 0 Å². The molecule has 0 spiro atoms. The number of hydrogen-bond donors (Lipinski definition) is 2. The lowest BCUT2D eigenvalue weighted by Crippen LogP contribution is -2.40. The highest BCUT2D eigenvalue weighted by molar-refractivity contribution is 7.99. The predicted octanol–water partition coefficient (Wildman–Crippen LogP) is 2.96. The van der Waals surface area contributed by atoms with Crippen LogP contribution in [0.3, 0.4) is 0 Å². The second kappa shape index (κ2) is 9.01. The van der Waals surface area contributed by atoms with Gasteiger partial charge in [-0.25, -0.2) is 9.78 Å². The number of nitrogens with zero attached hydrogens (tertiary/aromatic N) is 4. The first-order chi connectivity index (χ1) is 13.5. The van der Waals surface area contributed by atoms with Crippen LogP contribution in [0.15, 0.2) is 29.4 Å². The van der Waals surface area contributed by atoms with Crippen molar-refractivity contribution >= 4 is 45.8 Å². The van der Waals surface area contributed by atoms with Gasteiger partial charge in [0.2, 0.25) is 11.1 Å². The first kappa shape index (κ1) is 20.1. The molecule has 0 unspecified atom stereocenters. The van der Waals surface area contributed by atoms with Crippen LogP contribution in [0.2, 0.25) is 0 Å². The molecule has 1 aromatic carbocycles. The molecule has 3 aromatic rings. The number of hydrogen-bond acceptors (Lipinski definition) is 6. The number of amides is 3. The van der Waals surface area contributed by atoms with Gasteiger partial charge in [-0.1, -0.05) is 43.8 Å². The van der Waals surface area contributed by atoms with Crippen molar-refractivity contribution in [2.45, 2.75) is 38.9 Å². The topological polar surface area (TPSA) is 102 Å². The zero-order valence-electron chi connectivity index (χ0n) is 16.2. The molecule has 0 bridgehead atoms. The minimum absolute atomic E-state index is 0.0388. The van der Waals surface area contributed by atoms with E-state index in [9.17, 15) is 9.59 Å². The van der Waals surface area contributed by atoms with Gasteiger partial charge in [0, 0.05) is 18.5 Å². The summed E-state index contributed by atoms with van der Waals surface area (Å²) in [6.45, 7) is 7.49. The summed E-state index contributed by atoms with van der Waals surface area (Å²) in [7, 11) is 0. The number of aryl methyl sites for hydroxylation is 1. The van der Waals surface area contributed by atoms with Gasteiger partial charge in [0.15, 0.2) is 5.65 Å². The number of rotatable bonds is 7. The molecule has 0 atom stereocenters. The van der Waals surface area contributed by atoms with E-state index in [4.69, 9.17) is 0 Å². The zero-order chi connectivity index (χ0) is 20.1. The number of aromatic nitrogens is 4. The lowest BCUT2D eigenvalue weighted by molar-refractivity contribution is -0.117. The van der Waals surface area contributed by atoms with Crippen molar-refractivity contribution < 1.29 is 9.59 Å². The van der Waals surface area contributed by atoms with Crippen LogP contribution in [-0.2, 0) is 11.3 Å². The van der Waals surface area contributed by atoms with E-state index in [-0.39, 0.29) is 5.75 Å². The molecule has 28 heavy (non-hydrogen) atoms. The van der Waals surface area contributed by atoms with Crippen molar-refractivity contribution in [1.29, 1.82) is 0 Å². The van der Waals surface area contributed by atoms with Crippen molar-refractivity contribution in [3.05, 3.63) is 24.3 Å². The largest absolute Gasteiger partial charge is 0.338 e. The van der Waals surface area contributed by atoms with Crippen LogP contribution in [-0.4, -0.2) is 44.0 Å². The maximum Gasteiger partial charge on any atom is 0.321 e. The Balaban J connectivity index is 1.64. The summed E-state index contributed by atoms with van der Waals surface area (Å²) >= 11 is 1.15. The first-order valence-electron chi connectivity index (χ1n) is 9.31. The number of para-hydroxylation sites is 1. The number of nitrogens with one attached hydrogen (secondary N) is 2. The summed E-state index contributed by atoms with van der Waals surface area (Å²) < 4.78 is 2.08. The summed E-state index contributed by atoms with van der Waals surface area (Å²) in [5.41, 5.74) is 2.54. The van der Waals surface area contributed by atoms with Crippen LogP contribution < -0.4 is 10.6 Å². The zero-order valence-corrected chi connectivity index (χ0v) is 17.0. The van der Waals surface area contributed by atoms with Gasteiger partial charge in [0.25, 0.3) is 0 Å². The summed E-state index contributed by atoms with van der Waals surface area (Å²) in [5, 5.41) is 14.8. The molecule has 0 saturated heterocycles. The Morgan fingerprint density at radius 2 is 2.00 bits per heavy atom. The summed E-state index contributed by atoms with van der Waals surface area (Å²) in [4.78, 5) is 28.3. The van der Waals surface area contributed by atoms with Gasteiger partial charge in [-0.3, -0.25) is 10.1 Å². The van der Waals surface area contributed by atoms with Crippen molar-refractivity contribution in [2.75, 3.05) is 12.3 Å². The molecule has 0 aliphatic heterocycles. The molecule has 0 aliphatic rings. The monoisotopic (exact) mass is 400 g/mol. The Labute approximate surface area is 167 Å². The number of carbonyl (C=O) groups is 2. The number of imide groups is 1. The maximum absolute atomic E-state index is 12.0. The van der Waals surface area contributed by atoms with E-state index in [1.54, 1.807) is 0 Å². The van der Waals surface area contributed by atoms with Crippen LogP contribution in [0.1, 0.15) is 27.2 Å². The molecule has 2 heterocycles. The second-order valence-corrected chi connectivity index (χ2v) is 7.75. The molecule has 0 aliphatic carbocycles. The Bertz CT molecular complexity index is 1000. The van der Waals surface area contributed by atoms with E-state index in [1.165, 1.54) is 0 Å². The van der Waals surface area contributed by atoms with Gasteiger partial charge in [-0.15, -0.1) is 10.2 Å². The fourth-order valence-corrected chi connectivity index (χ4v) is 3.46. The third-order valence-corrected chi connectivity index (χ3v) is 5.10. The second-order valence-electron chi connectivity index (χ2n) is 6.80. The standard InChI is InChI=1S/C19H24N6O2S/c1-4-25-14-8-6-5-7-13(14)16-17(25)22-19(24-23-16)28-11-15(26)21-18(27)20-10-9-12(2)3/h5-8,12H,4,9-11H2,1-3H3,(H2,20,21,26,27). The Kier molecular flexibility index (Phi) is 6.45. The number of thioether (sulfide) groups is 1. The quantitative estimate of drug-likeness (QED) is 0.591. The SMILES string of the molecule is CCn1c2ccccc2c2nnc(SCC(=O)NC(=O)NCCC(C)C)nc21. The van der Waals surface area contributed by atoms with E-state index in [2.05, 4.69) is 44.2 Å². The lowest BCUT2D eigenvalue weighted by Gasteiger charge is -2.08. The highest BCUT2D eigenvalue weighted by Gasteiger charge is 2.15. The van der Waals surface area contributed by atoms with E-state index in [0.29, 0.717) is 17.6 Å². The molecular formula is C19H24N6O2S. The van der Waals surface area contributed by atoms with E-state index in [0.717, 1.165) is 46.8 Å². The average molecular weight is 401 g/mol. The van der Waals surface area contributed by atoms with E-state index >= 15 is 0 Å². The number of fused-ring (bicyclic) bond motifs is 3. The van der Waals surface area contributed by atoms with Gasteiger partial charge in [0.05, 0.1) is 11.3 Å². The minimum atomic E-state index is -0.480. The van der Waals surface area contributed by atoms with E-state index < -0.39 is 11.9 Å². The molecule has 0 fully saturated rings. The molecule has 8 nitrogen and oxygen atoms in total. The first-order valence-corrected chi connectivity index (χ1v) is 10.3. The smallest absolute Gasteiger partial charge is 0.321 e. The Morgan fingerprint density at radius 1 is 1.21 bits per heavy atom. The number of carbonyl (C=O) groups excluding carboxylic acids is 2. The summed E-state index contributed by atoms with van der Waals surface area (Å²) in [5.74, 6) is 0.133. The number of urea groups is 1. The Hall–Kier alpha value is -2.68. The molecule has 2 aromatic heterocycles. The van der Waals surface area contributed by atoms with Crippen molar-refractivity contribution in [2.24, 2.45) is 5.92 Å². The predicted molar refractivity (Wildman–Crippen MR) is 110 cm³/mol. The molecule has 9 heteroatoms. The molecule has 2 N–H and O–H groups in total. The molecule has 0 saturated carbocycles. The average Bonchev–Trinajstić information content (AvgIpc) is 2.99. The van der Waals surface area contributed by atoms with E-state index in [1.807, 2.05) is 31.2 Å². The number of benzene rings is 1. The van der Waals surface area contributed by atoms with Crippen molar-refractivity contribution in [3.8, 4) is 0 Å². The van der Waals surface area contributed by atoms with Crippen LogP contribution in [0, 0.1) is 5.92 Å². The molecule has 3 amide bonds. The van der Waals surface area contributed by atoms with Crippen LogP contribution in [0.25, 0.3) is 22.1 Å².